The van der Waals surface area contributed by atoms with Gasteiger partial charge in [0.25, 0.3) is 0 Å². The molecule has 1 saturated heterocycles. The van der Waals surface area contributed by atoms with E-state index in [-0.39, 0.29) is 12.6 Å². The lowest BCUT2D eigenvalue weighted by molar-refractivity contribution is 0.0986. The number of aromatic nitrogens is 3. The predicted molar refractivity (Wildman–Crippen MR) is 128 cm³/mol. The summed E-state index contributed by atoms with van der Waals surface area (Å²) in [6.07, 6.45) is 1.04. The van der Waals surface area contributed by atoms with Gasteiger partial charge in [-0.2, -0.15) is 0 Å². The van der Waals surface area contributed by atoms with Gasteiger partial charge in [-0.25, -0.2) is 15.0 Å². The number of morpholine rings is 1. The molecule has 3 heterocycles. The molecule has 1 aliphatic heterocycles. The Morgan fingerprint density at radius 1 is 1.25 bits per heavy atom. The number of pyridine rings is 1. The molecule has 0 bridgehead atoms. The second-order valence-corrected chi connectivity index (χ2v) is 9.44. The van der Waals surface area contributed by atoms with Crippen molar-refractivity contribution < 1.29 is 14.6 Å². The Morgan fingerprint density at radius 2 is 2.09 bits per heavy atom. The van der Waals surface area contributed by atoms with E-state index in [0.29, 0.717) is 29.9 Å². The number of methoxy groups -OCH3 is 1. The molecule has 8 heteroatoms. The smallest absolute Gasteiger partial charge is 0.191 e. The van der Waals surface area contributed by atoms with E-state index >= 15 is 0 Å². The summed E-state index contributed by atoms with van der Waals surface area (Å²) in [5.74, 6) is 1.58. The fourth-order valence-corrected chi connectivity index (χ4v) is 4.58. The summed E-state index contributed by atoms with van der Waals surface area (Å²) in [6, 6.07) is 10.00. The van der Waals surface area contributed by atoms with E-state index in [9.17, 15) is 5.11 Å². The Bertz CT molecular complexity index is 1090. The van der Waals surface area contributed by atoms with Crippen LogP contribution in [0.25, 0.3) is 22.3 Å². The van der Waals surface area contributed by atoms with E-state index in [0.717, 1.165) is 46.1 Å². The fraction of sp³-hybridized carbons (Fsp3) is 0.458. The third kappa shape index (κ3) is 4.67. The number of aliphatic hydroxyl groups excluding tert-OH is 1. The molecule has 3 aromatic rings. The number of aliphatic hydroxyl groups is 1. The van der Waals surface area contributed by atoms with Crippen molar-refractivity contribution in [3.05, 3.63) is 35.9 Å². The number of nitrogens with zero attached hydrogens (tertiary/aromatic N) is 4. The third-order valence-corrected chi connectivity index (χ3v) is 6.92. The molecule has 2 unspecified atom stereocenters. The SMILES string of the molecule is CCC(C)Sc1nc(N2CCOCC2C)c2ccc(-c3ccc(OC)c(CO)c3)nc2n1. The van der Waals surface area contributed by atoms with Gasteiger partial charge < -0.3 is 19.5 Å². The zero-order valence-corrected chi connectivity index (χ0v) is 19.9. The van der Waals surface area contributed by atoms with Crippen LogP contribution in [0.5, 0.6) is 5.75 Å². The zero-order chi connectivity index (χ0) is 22.7. The molecule has 170 valence electrons. The van der Waals surface area contributed by atoms with Gasteiger partial charge in [0, 0.05) is 22.9 Å². The van der Waals surface area contributed by atoms with Crippen molar-refractivity contribution in [2.24, 2.45) is 0 Å². The van der Waals surface area contributed by atoms with Crippen LogP contribution < -0.4 is 9.64 Å². The topological polar surface area (TPSA) is 80.6 Å². The van der Waals surface area contributed by atoms with Crippen LogP contribution in [0.3, 0.4) is 0 Å². The van der Waals surface area contributed by atoms with E-state index in [1.165, 1.54) is 0 Å². The van der Waals surface area contributed by atoms with Crippen LogP contribution in [0.2, 0.25) is 0 Å². The number of fused-ring (bicyclic) bond motifs is 1. The van der Waals surface area contributed by atoms with Gasteiger partial charge in [-0.1, -0.05) is 25.6 Å². The van der Waals surface area contributed by atoms with Crippen LogP contribution in [-0.4, -0.2) is 58.2 Å². The first-order valence-corrected chi connectivity index (χ1v) is 11.9. The van der Waals surface area contributed by atoms with Gasteiger partial charge in [0.2, 0.25) is 0 Å². The quantitative estimate of drug-likeness (QED) is 0.418. The van der Waals surface area contributed by atoms with Crippen molar-refractivity contribution in [2.45, 2.75) is 50.2 Å². The van der Waals surface area contributed by atoms with Crippen molar-refractivity contribution in [1.29, 1.82) is 0 Å². The second-order valence-electron chi connectivity index (χ2n) is 8.04. The molecule has 0 spiro atoms. The minimum absolute atomic E-state index is 0.0957. The Kier molecular flexibility index (Phi) is 7.13. The molecule has 2 atom stereocenters. The average Bonchev–Trinajstić information content (AvgIpc) is 2.83. The number of rotatable bonds is 7. The molecule has 7 nitrogen and oxygen atoms in total. The number of ether oxygens (including phenoxy) is 2. The molecule has 0 amide bonds. The van der Waals surface area contributed by atoms with E-state index in [1.807, 2.05) is 24.3 Å². The first-order chi connectivity index (χ1) is 15.5. The molecular weight excluding hydrogens is 424 g/mol. The van der Waals surface area contributed by atoms with Crippen molar-refractivity contribution >= 4 is 28.6 Å². The van der Waals surface area contributed by atoms with Crippen LogP contribution >= 0.6 is 11.8 Å². The standard InChI is InChI=1S/C24H30N4O3S/c1-5-16(3)32-24-26-22-19(23(27-24)28-10-11-31-14-15(28)2)7-8-20(25-22)17-6-9-21(30-4)18(12-17)13-29/h6-9,12,15-16,29H,5,10-11,13-14H2,1-4H3. The summed E-state index contributed by atoms with van der Waals surface area (Å²) in [7, 11) is 1.60. The highest BCUT2D eigenvalue weighted by atomic mass is 32.2. The number of hydrogen-bond acceptors (Lipinski definition) is 8. The van der Waals surface area contributed by atoms with Crippen LogP contribution in [0, 0.1) is 0 Å². The Labute approximate surface area is 193 Å². The highest BCUT2D eigenvalue weighted by molar-refractivity contribution is 7.99. The van der Waals surface area contributed by atoms with Crippen LogP contribution in [0.4, 0.5) is 5.82 Å². The Morgan fingerprint density at radius 3 is 2.81 bits per heavy atom. The first kappa shape index (κ1) is 22.8. The van der Waals surface area contributed by atoms with Crippen molar-refractivity contribution in [3.63, 3.8) is 0 Å². The van der Waals surface area contributed by atoms with Crippen molar-refractivity contribution in [1.82, 2.24) is 15.0 Å². The van der Waals surface area contributed by atoms with Gasteiger partial charge >= 0.3 is 0 Å². The number of thioether (sulfide) groups is 1. The maximum absolute atomic E-state index is 9.70. The molecule has 1 fully saturated rings. The van der Waals surface area contributed by atoms with E-state index in [1.54, 1.807) is 18.9 Å². The Balaban J connectivity index is 1.82. The average molecular weight is 455 g/mol. The van der Waals surface area contributed by atoms with E-state index < -0.39 is 0 Å². The highest BCUT2D eigenvalue weighted by Crippen LogP contribution is 2.33. The van der Waals surface area contributed by atoms with Gasteiger partial charge in [-0.05, 0) is 43.7 Å². The molecule has 32 heavy (non-hydrogen) atoms. The predicted octanol–water partition coefficient (Wildman–Crippen LogP) is 4.31. The van der Waals surface area contributed by atoms with E-state index in [4.69, 9.17) is 24.4 Å². The maximum Gasteiger partial charge on any atom is 0.191 e. The monoisotopic (exact) mass is 454 g/mol. The molecule has 2 aromatic heterocycles. The van der Waals surface area contributed by atoms with Gasteiger partial charge in [0.15, 0.2) is 10.8 Å². The van der Waals surface area contributed by atoms with Crippen LogP contribution in [0.15, 0.2) is 35.5 Å². The molecule has 4 rings (SSSR count). The summed E-state index contributed by atoms with van der Waals surface area (Å²) in [4.78, 5) is 17.0. The van der Waals surface area contributed by atoms with Crippen molar-refractivity contribution in [2.75, 3.05) is 31.8 Å². The molecule has 0 saturated carbocycles. The highest BCUT2D eigenvalue weighted by Gasteiger charge is 2.24. The summed E-state index contributed by atoms with van der Waals surface area (Å²) < 4.78 is 11.0. The summed E-state index contributed by atoms with van der Waals surface area (Å²) in [6.45, 7) is 8.58. The van der Waals surface area contributed by atoms with Crippen LogP contribution in [-0.2, 0) is 11.3 Å². The lowest BCUT2D eigenvalue weighted by atomic mass is 10.1. The molecule has 0 aliphatic carbocycles. The zero-order valence-electron chi connectivity index (χ0n) is 19.0. The summed E-state index contributed by atoms with van der Waals surface area (Å²) >= 11 is 1.68. The van der Waals surface area contributed by atoms with E-state index in [2.05, 4.69) is 31.7 Å². The molecular formula is C24H30N4O3S. The Hall–Kier alpha value is -2.42. The lowest BCUT2D eigenvalue weighted by Crippen LogP contribution is -2.44. The molecule has 0 radical (unpaired) electrons. The van der Waals surface area contributed by atoms with Crippen molar-refractivity contribution in [3.8, 4) is 17.0 Å². The molecule has 1 N–H and O–H groups in total. The summed E-state index contributed by atoms with van der Waals surface area (Å²) in [5.41, 5.74) is 3.12. The van der Waals surface area contributed by atoms with Crippen LogP contribution in [0.1, 0.15) is 32.8 Å². The normalized spacial score (nSPS) is 17.5. The fourth-order valence-electron chi connectivity index (χ4n) is 3.77. The third-order valence-electron chi connectivity index (χ3n) is 5.79. The number of benzene rings is 1. The second kappa shape index (κ2) is 10.0. The molecule has 1 aliphatic rings. The lowest BCUT2D eigenvalue weighted by Gasteiger charge is -2.35. The first-order valence-electron chi connectivity index (χ1n) is 11.0. The largest absolute Gasteiger partial charge is 0.496 e. The molecule has 1 aromatic carbocycles. The minimum Gasteiger partial charge on any atom is -0.496 e. The minimum atomic E-state index is -0.0957. The van der Waals surface area contributed by atoms with Gasteiger partial charge in [-0.15, -0.1) is 0 Å². The number of hydrogen-bond donors (Lipinski definition) is 1. The number of anilines is 1. The summed E-state index contributed by atoms with van der Waals surface area (Å²) in [5, 5.41) is 11.8. The maximum atomic E-state index is 9.70. The van der Waals surface area contributed by atoms with Gasteiger partial charge in [0.05, 0.1) is 44.1 Å². The van der Waals surface area contributed by atoms with Gasteiger partial charge in [-0.3, -0.25) is 0 Å². The van der Waals surface area contributed by atoms with Gasteiger partial charge in [0.1, 0.15) is 11.6 Å².